The average Bonchev–Trinajstić information content (AvgIpc) is 3.23. The third-order valence-electron chi connectivity index (χ3n) is 7.50. The monoisotopic (exact) mass is 501 g/mol. The normalized spacial score (nSPS) is 17.2. The molecule has 0 saturated carbocycles. The van der Waals surface area contributed by atoms with Gasteiger partial charge in [-0.25, -0.2) is 9.97 Å². The van der Waals surface area contributed by atoms with Crippen LogP contribution in [0.15, 0.2) is 54.9 Å². The number of nitrogens with zero attached hydrogens (tertiary/aromatic N) is 6. The number of aromatic nitrogens is 3. The fraction of sp³-hybridized carbons (Fsp3) is 0.357. The van der Waals surface area contributed by atoms with Crippen LogP contribution in [0.3, 0.4) is 0 Å². The van der Waals surface area contributed by atoms with Crippen molar-refractivity contribution in [1.29, 1.82) is 0 Å². The van der Waals surface area contributed by atoms with E-state index in [2.05, 4.69) is 75.1 Å². The Morgan fingerprint density at radius 2 is 1.50 bits per heavy atom. The van der Waals surface area contributed by atoms with Gasteiger partial charge in [0.15, 0.2) is 0 Å². The van der Waals surface area contributed by atoms with Crippen molar-refractivity contribution in [3.05, 3.63) is 59.9 Å². The molecule has 186 valence electrons. The zero-order chi connectivity index (χ0) is 24.6. The molecule has 2 aliphatic heterocycles. The van der Waals surface area contributed by atoms with Crippen LogP contribution in [0, 0.1) is 0 Å². The Morgan fingerprint density at radius 3 is 2.25 bits per heavy atom. The molecule has 2 fully saturated rings. The number of nitrogens with one attached hydrogen (secondary N) is 1. The second kappa shape index (κ2) is 9.73. The number of rotatable bonds is 4. The van der Waals surface area contributed by atoms with Gasteiger partial charge in [-0.15, -0.1) is 0 Å². The van der Waals surface area contributed by atoms with Gasteiger partial charge in [-0.1, -0.05) is 23.7 Å². The highest BCUT2D eigenvalue weighted by Gasteiger charge is 2.23. The molecule has 0 unspecified atom stereocenters. The summed E-state index contributed by atoms with van der Waals surface area (Å²) in [5.41, 5.74) is 6.64. The quantitative estimate of drug-likeness (QED) is 0.454. The van der Waals surface area contributed by atoms with Gasteiger partial charge in [-0.05, 0) is 48.5 Å². The van der Waals surface area contributed by atoms with E-state index in [1.54, 1.807) is 6.20 Å². The summed E-state index contributed by atoms with van der Waals surface area (Å²) in [6, 6.07) is 15.1. The molecule has 2 saturated heterocycles. The van der Waals surface area contributed by atoms with Crippen LogP contribution in [-0.2, 0) is 7.05 Å². The number of aryl methyl sites for hydroxylation is 1. The Kier molecular flexibility index (Phi) is 6.29. The molecular weight excluding hydrogens is 470 g/mol. The largest absolute Gasteiger partial charge is 0.369 e. The van der Waals surface area contributed by atoms with Crippen molar-refractivity contribution < 1.29 is 0 Å². The van der Waals surface area contributed by atoms with Crippen LogP contribution in [0.5, 0.6) is 0 Å². The lowest BCUT2D eigenvalue weighted by atomic mass is 9.99. The number of hydrogen-bond acceptors (Lipinski definition) is 6. The van der Waals surface area contributed by atoms with Crippen molar-refractivity contribution in [2.75, 3.05) is 69.2 Å². The minimum Gasteiger partial charge on any atom is -0.369 e. The van der Waals surface area contributed by atoms with Crippen LogP contribution < -0.4 is 15.1 Å². The Labute approximate surface area is 217 Å². The molecule has 0 radical (unpaired) electrons. The summed E-state index contributed by atoms with van der Waals surface area (Å²) in [5.74, 6) is 1.01. The van der Waals surface area contributed by atoms with E-state index < -0.39 is 0 Å². The number of hydrogen-bond donors (Lipinski definition) is 1. The summed E-state index contributed by atoms with van der Waals surface area (Å²) in [6.07, 6.45) is 3.71. The van der Waals surface area contributed by atoms with Crippen LogP contribution in [0.25, 0.3) is 33.4 Å². The summed E-state index contributed by atoms with van der Waals surface area (Å²) < 4.78 is 2.17. The molecule has 7 nitrogen and oxygen atoms in total. The Hall–Kier alpha value is -3.13. The van der Waals surface area contributed by atoms with E-state index in [0.717, 1.165) is 91.6 Å². The predicted octanol–water partition coefficient (Wildman–Crippen LogP) is 4.12. The molecule has 5 heterocycles. The highest BCUT2D eigenvalue weighted by molar-refractivity contribution is 6.37. The first-order chi connectivity index (χ1) is 17.6. The third kappa shape index (κ3) is 4.21. The summed E-state index contributed by atoms with van der Waals surface area (Å²) in [5, 5.41) is 5.13. The van der Waals surface area contributed by atoms with Crippen molar-refractivity contribution >= 4 is 34.1 Å². The standard InChI is InChI=1S/C28H32ClN7/c1-33-15-17-36(18-16-33)24-19-21(7-9-31-24)25-26-23(29)8-10-32-28(26)34(2)27(25)20-3-5-22(6-4-20)35-13-11-30-12-14-35/h3-10,19,30H,11-18H2,1-2H3. The lowest BCUT2D eigenvalue weighted by Crippen LogP contribution is -2.44. The first-order valence-corrected chi connectivity index (χ1v) is 13.1. The zero-order valence-electron chi connectivity index (χ0n) is 20.9. The van der Waals surface area contributed by atoms with Crippen molar-refractivity contribution in [2.24, 2.45) is 7.05 Å². The van der Waals surface area contributed by atoms with Crippen LogP contribution in [0.2, 0.25) is 5.02 Å². The molecule has 0 bridgehead atoms. The zero-order valence-corrected chi connectivity index (χ0v) is 21.7. The number of anilines is 2. The highest BCUT2D eigenvalue weighted by Crippen LogP contribution is 2.43. The van der Waals surface area contributed by atoms with Gasteiger partial charge in [0.05, 0.1) is 10.7 Å². The smallest absolute Gasteiger partial charge is 0.142 e. The van der Waals surface area contributed by atoms with Gasteiger partial charge in [0.1, 0.15) is 11.5 Å². The molecule has 0 amide bonds. The second-order valence-corrected chi connectivity index (χ2v) is 10.2. The first-order valence-electron chi connectivity index (χ1n) is 12.7. The summed E-state index contributed by atoms with van der Waals surface area (Å²) in [4.78, 5) is 16.6. The van der Waals surface area contributed by atoms with Gasteiger partial charge in [-0.3, -0.25) is 0 Å². The number of piperazine rings is 2. The fourth-order valence-corrected chi connectivity index (χ4v) is 5.70. The van der Waals surface area contributed by atoms with E-state index in [-0.39, 0.29) is 0 Å². The summed E-state index contributed by atoms with van der Waals surface area (Å²) in [6.45, 7) is 8.15. The molecule has 2 aliphatic rings. The van der Waals surface area contributed by atoms with Gasteiger partial charge in [0.25, 0.3) is 0 Å². The second-order valence-electron chi connectivity index (χ2n) is 9.75. The maximum absolute atomic E-state index is 6.82. The number of fused-ring (bicyclic) bond motifs is 1. The topological polar surface area (TPSA) is 52.5 Å². The molecular formula is C28H32ClN7. The van der Waals surface area contributed by atoms with Gasteiger partial charge in [0.2, 0.25) is 0 Å². The fourth-order valence-electron chi connectivity index (χ4n) is 5.46. The van der Waals surface area contributed by atoms with E-state index in [9.17, 15) is 0 Å². The number of likely N-dealkylation sites (N-methyl/N-ethyl adjacent to an activating group) is 1. The molecule has 36 heavy (non-hydrogen) atoms. The van der Waals surface area contributed by atoms with Crippen LogP contribution in [-0.4, -0.2) is 78.8 Å². The molecule has 1 aromatic carbocycles. The average molecular weight is 502 g/mol. The van der Waals surface area contributed by atoms with Crippen LogP contribution >= 0.6 is 11.6 Å². The van der Waals surface area contributed by atoms with Crippen molar-refractivity contribution in [2.45, 2.75) is 0 Å². The number of benzene rings is 1. The maximum Gasteiger partial charge on any atom is 0.142 e. The summed E-state index contributed by atoms with van der Waals surface area (Å²) in [7, 11) is 4.25. The molecule has 4 aromatic rings. The van der Waals surface area contributed by atoms with E-state index in [4.69, 9.17) is 21.6 Å². The highest BCUT2D eigenvalue weighted by atomic mass is 35.5. The molecule has 0 atom stereocenters. The predicted molar refractivity (Wildman–Crippen MR) is 149 cm³/mol. The van der Waals surface area contributed by atoms with Gasteiger partial charge < -0.3 is 24.6 Å². The number of pyridine rings is 2. The van der Waals surface area contributed by atoms with Crippen molar-refractivity contribution in [1.82, 2.24) is 24.8 Å². The molecule has 6 rings (SSSR count). The SMILES string of the molecule is CN1CCN(c2cc(-c3c(-c4ccc(N5CCNCC5)cc4)n(C)c4nccc(Cl)c34)ccn2)CC1. The van der Waals surface area contributed by atoms with Gasteiger partial charge in [0, 0.05) is 88.4 Å². The lowest BCUT2D eigenvalue weighted by Gasteiger charge is -2.33. The summed E-state index contributed by atoms with van der Waals surface area (Å²) >= 11 is 6.82. The Morgan fingerprint density at radius 1 is 0.778 bits per heavy atom. The Bertz CT molecular complexity index is 1370. The minimum absolute atomic E-state index is 0.715. The molecule has 1 N–H and O–H groups in total. The van der Waals surface area contributed by atoms with E-state index >= 15 is 0 Å². The van der Waals surface area contributed by atoms with Gasteiger partial charge in [-0.2, -0.15) is 0 Å². The Balaban J connectivity index is 1.46. The lowest BCUT2D eigenvalue weighted by molar-refractivity contribution is 0.312. The maximum atomic E-state index is 6.82. The molecule has 3 aromatic heterocycles. The van der Waals surface area contributed by atoms with E-state index in [0.29, 0.717) is 5.02 Å². The molecule has 0 aliphatic carbocycles. The third-order valence-corrected chi connectivity index (χ3v) is 7.82. The van der Waals surface area contributed by atoms with E-state index in [1.165, 1.54) is 5.69 Å². The minimum atomic E-state index is 0.715. The van der Waals surface area contributed by atoms with Crippen LogP contribution in [0.1, 0.15) is 0 Å². The van der Waals surface area contributed by atoms with Gasteiger partial charge >= 0.3 is 0 Å². The van der Waals surface area contributed by atoms with Crippen LogP contribution in [0.4, 0.5) is 11.5 Å². The van der Waals surface area contributed by atoms with E-state index in [1.807, 2.05) is 12.3 Å². The van der Waals surface area contributed by atoms with Crippen molar-refractivity contribution in [3.8, 4) is 22.4 Å². The molecule has 0 spiro atoms. The first kappa shape index (κ1) is 23.3. The number of halogens is 1. The van der Waals surface area contributed by atoms with Crippen molar-refractivity contribution in [3.63, 3.8) is 0 Å². The molecule has 8 heteroatoms.